The fourth-order valence-electron chi connectivity index (χ4n) is 5.11. The molecule has 3 aromatic rings. The van der Waals surface area contributed by atoms with Gasteiger partial charge in [0.1, 0.15) is 5.75 Å². The number of hydrogen-bond donors (Lipinski definition) is 2. The maximum absolute atomic E-state index is 9.76. The average molecular weight is 500 g/mol. The Labute approximate surface area is 210 Å². The highest BCUT2D eigenvalue weighted by atomic mass is 35.5. The Morgan fingerprint density at radius 1 is 1.18 bits per heavy atom. The first kappa shape index (κ1) is 24.3. The van der Waals surface area contributed by atoms with E-state index in [0.29, 0.717) is 34.2 Å². The van der Waals surface area contributed by atoms with E-state index in [2.05, 4.69) is 25.3 Å². The molecule has 2 fully saturated rings. The summed E-state index contributed by atoms with van der Waals surface area (Å²) in [6, 6.07) is 11.3. The van der Waals surface area contributed by atoms with Crippen molar-refractivity contribution < 1.29 is 9.84 Å². The van der Waals surface area contributed by atoms with Gasteiger partial charge in [-0.2, -0.15) is 0 Å². The second-order valence-corrected chi connectivity index (χ2v) is 9.49. The molecular formula is C25H27Cl2N5O2. The molecule has 1 aliphatic carbocycles. The van der Waals surface area contributed by atoms with Crippen molar-refractivity contribution in [1.82, 2.24) is 10.2 Å². The number of rotatable bonds is 5. The molecule has 178 valence electrons. The van der Waals surface area contributed by atoms with Crippen LogP contribution < -0.4 is 15.0 Å². The van der Waals surface area contributed by atoms with Gasteiger partial charge in [-0.05, 0) is 54.9 Å². The molecule has 1 saturated carbocycles. The van der Waals surface area contributed by atoms with Crippen molar-refractivity contribution in [3.8, 4) is 5.75 Å². The number of anilines is 2. The molecule has 1 aliphatic heterocycles. The van der Waals surface area contributed by atoms with E-state index in [1.165, 1.54) is 0 Å². The first-order valence-electron chi connectivity index (χ1n) is 11.2. The van der Waals surface area contributed by atoms with Crippen molar-refractivity contribution in [2.24, 2.45) is 5.41 Å². The van der Waals surface area contributed by atoms with Gasteiger partial charge in [0.15, 0.2) is 17.3 Å². The fraction of sp³-hybridized carbons (Fsp3) is 0.400. The Balaban J connectivity index is 0.00000274. The number of piperidine rings is 1. The van der Waals surface area contributed by atoms with Gasteiger partial charge in [-0.15, -0.1) is 22.6 Å². The summed E-state index contributed by atoms with van der Waals surface area (Å²) in [6.45, 7) is 9.76. The Kier molecular flexibility index (Phi) is 7.04. The molecule has 2 aromatic carbocycles. The molecule has 0 radical (unpaired) electrons. The number of aromatic nitrogens is 2. The van der Waals surface area contributed by atoms with E-state index in [1.54, 1.807) is 7.11 Å². The molecule has 7 nitrogen and oxygen atoms in total. The molecule has 2 aliphatic rings. The molecule has 2 heterocycles. The van der Waals surface area contributed by atoms with Gasteiger partial charge in [0, 0.05) is 30.4 Å². The summed E-state index contributed by atoms with van der Waals surface area (Å²) in [5, 5.41) is 24.6. The lowest BCUT2D eigenvalue weighted by Gasteiger charge is -2.50. The molecule has 5 rings (SSSR count). The third-order valence-corrected chi connectivity index (χ3v) is 7.31. The van der Waals surface area contributed by atoms with Gasteiger partial charge in [-0.1, -0.05) is 29.8 Å². The van der Waals surface area contributed by atoms with Crippen molar-refractivity contribution >= 4 is 52.1 Å². The zero-order chi connectivity index (χ0) is 23.0. The highest BCUT2D eigenvalue weighted by Gasteiger charge is 2.45. The summed E-state index contributed by atoms with van der Waals surface area (Å²) in [7, 11) is 1.59. The predicted octanol–water partition coefficient (Wildman–Crippen LogP) is 5.62. The minimum atomic E-state index is -0.129. The number of hydrogen-bond acceptors (Lipinski definition) is 6. The topological polar surface area (TPSA) is 74.9 Å². The van der Waals surface area contributed by atoms with Crippen LogP contribution >= 0.6 is 24.0 Å². The van der Waals surface area contributed by atoms with Gasteiger partial charge in [-0.3, -0.25) is 0 Å². The Morgan fingerprint density at radius 3 is 2.59 bits per heavy atom. The second kappa shape index (κ2) is 9.83. The minimum absolute atomic E-state index is 0. The van der Waals surface area contributed by atoms with Crippen LogP contribution in [0.4, 0.5) is 17.3 Å². The van der Waals surface area contributed by atoms with E-state index in [0.717, 1.165) is 60.9 Å². The normalized spacial score (nSPS) is 17.1. The molecule has 1 aromatic heterocycles. The molecule has 1 saturated heterocycles. The Morgan fingerprint density at radius 2 is 1.94 bits per heavy atom. The molecule has 0 atom stereocenters. The van der Waals surface area contributed by atoms with Crippen molar-refractivity contribution in [3.05, 3.63) is 58.4 Å². The number of aliphatic hydroxyl groups is 1. The Bertz CT molecular complexity index is 1230. The number of halogens is 2. The molecule has 1 spiro atoms. The van der Waals surface area contributed by atoms with Gasteiger partial charge in [-0.25, -0.2) is 4.85 Å². The lowest BCUT2D eigenvalue weighted by Crippen LogP contribution is -2.49. The average Bonchev–Trinajstić information content (AvgIpc) is 2.82. The summed E-state index contributed by atoms with van der Waals surface area (Å²) in [5.74, 6) is 2.13. The third-order valence-electron chi connectivity index (χ3n) is 7.01. The lowest BCUT2D eigenvalue weighted by atomic mass is 9.61. The fourth-order valence-corrected chi connectivity index (χ4v) is 5.39. The minimum Gasteiger partial charge on any atom is -0.495 e. The van der Waals surface area contributed by atoms with Gasteiger partial charge < -0.3 is 20.1 Å². The van der Waals surface area contributed by atoms with E-state index in [1.807, 2.05) is 36.4 Å². The maximum Gasteiger partial charge on any atom is 0.188 e. The number of nitrogens with one attached hydrogen (secondary N) is 1. The van der Waals surface area contributed by atoms with E-state index in [-0.39, 0.29) is 18.5 Å². The van der Waals surface area contributed by atoms with Crippen molar-refractivity contribution in [2.45, 2.75) is 38.3 Å². The van der Waals surface area contributed by atoms with E-state index < -0.39 is 0 Å². The number of nitrogens with zero attached hydrogens (tertiary/aromatic N) is 4. The first-order valence-corrected chi connectivity index (χ1v) is 11.6. The predicted molar refractivity (Wildman–Crippen MR) is 137 cm³/mol. The van der Waals surface area contributed by atoms with Crippen molar-refractivity contribution in [2.75, 3.05) is 30.4 Å². The molecule has 34 heavy (non-hydrogen) atoms. The largest absolute Gasteiger partial charge is 0.495 e. The molecular weight excluding hydrogens is 473 g/mol. The van der Waals surface area contributed by atoms with Crippen LogP contribution in [0.3, 0.4) is 0 Å². The summed E-state index contributed by atoms with van der Waals surface area (Å²) >= 11 is 6.26. The van der Waals surface area contributed by atoms with Crippen molar-refractivity contribution in [1.29, 1.82) is 0 Å². The van der Waals surface area contributed by atoms with Crippen LogP contribution in [-0.2, 0) is 6.54 Å². The van der Waals surface area contributed by atoms with Gasteiger partial charge in [0.05, 0.1) is 24.8 Å². The molecule has 9 heteroatoms. The summed E-state index contributed by atoms with van der Waals surface area (Å²) < 4.78 is 5.23. The number of methoxy groups -OCH3 is 1. The van der Waals surface area contributed by atoms with Crippen LogP contribution in [0.15, 0.2) is 36.4 Å². The summed E-state index contributed by atoms with van der Waals surface area (Å²) in [6.07, 6.45) is 3.83. The SMILES string of the molecule is Cl.[C-]#[N+]c1ccc2c(N3CCC4(CC3)CC(O)C4)nnc(NCc3ccc(OC)c(Cl)c3)c2c1. The van der Waals surface area contributed by atoms with Crippen LogP contribution in [0.2, 0.25) is 5.02 Å². The van der Waals surface area contributed by atoms with Crippen LogP contribution in [-0.4, -0.2) is 41.6 Å². The highest BCUT2D eigenvalue weighted by molar-refractivity contribution is 6.32. The number of ether oxygens (including phenoxy) is 1. The summed E-state index contributed by atoms with van der Waals surface area (Å²) in [4.78, 5) is 5.89. The molecule has 0 bridgehead atoms. The molecule has 0 amide bonds. The Hall–Kier alpha value is -2.79. The zero-order valence-electron chi connectivity index (χ0n) is 18.9. The third kappa shape index (κ3) is 4.58. The maximum atomic E-state index is 9.76. The van der Waals surface area contributed by atoms with Gasteiger partial charge in [0.25, 0.3) is 0 Å². The van der Waals surface area contributed by atoms with Crippen LogP contribution in [0, 0.1) is 12.0 Å². The molecule has 2 N–H and O–H groups in total. The van der Waals surface area contributed by atoms with Gasteiger partial charge >= 0.3 is 0 Å². The van der Waals surface area contributed by atoms with E-state index in [9.17, 15) is 5.11 Å². The molecule has 0 unspecified atom stereocenters. The van der Waals surface area contributed by atoms with E-state index >= 15 is 0 Å². The zero-order valence-corrected chi connectivity index (χ0v) is 20.5. The monoisotopic (exact) mass is 499 g/mol. The van der Waals surface area contributed by atoms with Gasteiger partial charge in [0.2, 0.25) is 0 Å². The quantitative estimate of drug-likeness (QED) is 0.443. The van der Waals surface area contributed by atoms with E-state index in [4.69, 9.17) is 22.9 Å². The number of aliphatic hydroxyl groups excluding tert-OH is 1. The standard InChI is InChI=1S/C25H26ClN5O2.ClH/c1-27-17-4-5-19-20(12-17)23(28-15-16-3-6-22(33-2)21(26)11-16)29-30-24(19)31-9-7-25(8-10-31)13-18(32)14-25;/h3-6,11-12,18,32H,7-10,13-15H2,2H3,(H,28,29);1H. The lowest BCUT2D eigenvalue weighted by molar-refractivity contribution is -0.0464. The first-order chi connectivity index (χ1) is 16.0. The van der Waals surface area contributed by atoms with Crippen LogP contribution in [0.1, 0.15) is 31.2 Å². The van der Waals surface area contributed by atoms with Crippen LogP contribution in [0.25, 0.3) is 15.6 Å². The highest BCUT2D eigenvalue weighted by Crippen LogP contribution is 2.49. The number of fused-ring (bicyclic) bond motifs is 1. The second-order valence-electron chi connectivity index (χ2n) is 9.09. The number of benzene rings is 2. The smallest absolute Gasteiger partial charge is 0.188 e. The van der Waals surface area contributed by atoms with Crippen LogP contribution in [0.5, 0.6) is 5.75 Å². The van der Waals surface area contributed by atoms with Crippen molar-refractivity contribution in [3.63, 3.8) is 0 Å². The summed E-state index contributed by atoms with van der Waals surface area (Å²) in [5.41, 5.74) is 1.86.